The Morgan fingerprint density at radius 2 is 1.89 bits per heavy atom. The van der Waals surface area contributed by atoms with Crippen molar-refractivity contribution in [2.24, 2.45) is 5.84 Å². The summed E-state index contributed by atoms with van der Waals surface area (Å²) in [5.74, 6) is 3.67. The van der Waals surface area contributed by atoms with E-state index >= 15 is 0 Å². The van der Waals surface area contributed by atoms with E-state index in [1.54, 1.807) is 18.2 Å². The Hall–Kier alpha value is -1.49. The second-order valence-electron chi connectivity index (χ2n) is 4.20. The van der Waals surface area contributed by atoms with Gasteiger partial charge >= 0.3 is 0 Å². The first-order chi connectivity index (χ1) is 9.11. The number of hydrogen-bond donors (Lipinski definition) is 2. The summed E-state index contributed by atoms with van der Waals surface area (Å²) in [6.45, 7) is 0. The van der Waals surface area contributed by atoms with Gasteiger partial charge in [-0.2, -0.15) is 0 Å². The molecule has 0 aliphatic rings. The molecular formula is C14H13ClF2N2. The van der Waals surface area contributed by atoms with Gasteiger partial charge in [0.1, 0.15) is 0 Å². The van der Waals surface area contributed by atoms with Gasteiger partial charge in [-0.3, -0.25) is 11.3 Å². The predicted molar refractivity (Wildman–Crippen MR) is 71.6 cm³/mol. The smallest absolute Gasteiger partial charge is 0.163 e. The molecule has 0 spiro atoms. The van der Waals surface area contributed by atoms with Gasteiger partial charge in [0.15, 0.2) is 11.6 Å². The first-order valence-electron chi connectivity index (χ1n) is 5.76. The molecule has 0 radical (unpaired) electrons. The van der Waals surface area contributed by atoms with Gasteiger partial charge in [0.2, 0.25) is 0 Å². The number of halogens is 3. The summed E-state index contributed by atoms with van der Waals surface area (Å²) in [6.07, 6.45) is 0.414. The van der Waals surface area contributed by atoms with Crippen molar-refractivity contribution in [3.05, 3.63) is 70.2 Å². The van der Waals surface area contributed by atoms with Crippen LogP contribution in [0.25, 0.3) is 0 Å². The van der Waals surface area contributed by atoms with E-state index < -0.39 is 17.7 Å². The molecule has 0 heterocycles. The van der Waals surface area contributed by atoms with Gasteiger partial charge in [0.05, 0.1) is 6.04 Å². The molecule has 2 rings (SSSR count). The van der Waals surface area contributed by atoms with Crippen molar-refractivity contribution in [1.82, 2.24) is 5.43 Å². The van der Waals surface area contributed by atoms with Crippen LogP contribution in [-0.4, -0.2) is 0 Å². The lowest BCUT2D eigenvalue weighted by Gasteiger charge is -2.17. The highest BCUT2D eigenvalue weighted by atomic mass is 35.5. The Kier molecular flexibility index (Phi) is 4.47. The Morgan fingerprint density at radius 1 is 1.16 bits per heavy atom. The first-order valence-corrected chi connectivity index (χ1v) is 6.14. The molecule has 1 atom stereocenters. The van der Waals surface area contributed by atoms with E-state index in [-0.39, 0.29) is 5.56 Å². The van der Waals surface area contributed by atoms with Crippen molar-refractivity contribution in [2.45, 2.75) is 12.5 Å². The maximum absolute atomic E-state index is 13.7. The summed E-state index contributed by atoms with van der Waals surface area (Å²) in [5.41, 5.74) is 3.59. The summed E-state index contributed by atoms with van der Waals surface area (Å²) in [7, 11) is 0. The van der Waals surface area contributed by atoms with E-state index in [2.05, 4.69) is 5.43 Å². The van der Waals surface area contributed by atoms with Crippen LogP contribution in [0.1, 0.15) is 17.2 Å². The lowest BCUT2D eigenvalue weighted by atomic mass is 9.99. The van der Waals surface area contributed by atoms with Crippen molar-refractivity contribution in [3.8, 4) is 0 Å². The maximum atomic E-state index is 13.7. The van der Waals surface area contributed by atoms with Gasteiger partial charge in [-0.05, 0) is 30.2 Å². The van der Waals surface area contributed by atoms with E-state index in [9.17, 15) is 8.78 Å². The zero-order valence-corrected chi connectivity index (χ0v) is 10.8. The van der Waals surface area contributed by atoms with Crippen molar-refractivity contribution < 1.29 is 8.78 Å². The molecule has 0 aliphatic carbocycles. The number of rotatable bonds is 4. The standard InChI is InChI=1S/C14H13ClF2N2/c15-10-4-1-3-9(7-10)8-13(19-18)11-5-2-6-12(16)14(11)17/h1-7,13,19H,8,18H2. The molecule has 0 saturated heterocycles. The Bertz CT molecular complexity index is 575. The van der Waals surface area contributed by atoms with Crippen molar-refractivity contribution >= 4 is 11.6 Å². The summed E-state index contributed by atoms with van der Waals surface area (Å²) in [4.78, 5) is 0. The molecule has 5 heteroatoms. The highest BCUT2D eigenvalue weighted by molar-refractivity contribution is 6.30. The van der Waals surface area contributed by atoms with Crippen LogP contribution in [0.2, 0.25) is 5.02 Å². The average Bonchev–Trinajstić information content (AvgIpc) is 2.40. The zero-order valence-electron chi connectivity index (χ0n) is 10.0. The fourth-order valence-electron chi connectivity index (χ4n) is 1.95. The third-order valence-corrected chi connectivity index (χ3v) is 3.12. The van der Waals surface area contributed by atoms with Gasteiger partial charge in [-0.25, -0.2) is 8.78 Å². The van der Waals surface area contributed by atoms with E-state index in [1.165, 1.54) is 12.1 Å². The molecule has 0 aliphatic heterocycles. The largest absolute Gasteiger partial charge is 0.271 e. The van der Waals surface area contributed by atoms with Crippen LogP contribution < -0.4 is 11.3 Å². The van der Waals surface area contributed by atoms with E-state index in [0.717, 1.165) is 11.6 Å². The molecule has 0 aromatic heterocycles. The molecule has 100 valence electrons. The van der Waals surface area contributed by atoms with Crippen LogP contribution in [0.15, 0.2) is 42.5 Å². The van der Waals surface area contributed by atoms with E-state index in [1.807, 2.05) is 6.07 Å². The summed E-state index contributed by atoms with van der Waals surface area (Å²) < 4.78 is 26.9. The number of hydrazine groups is 1. The van der Waals surface area contributed by atoms with Crippen LogP contribution in [0.5, 0.6) is 0 Å². The Morgan fingerprint density at radius 3 is 2.58 bits per heavy atom. The molecular weight excluding hydrogens is 270 g/mol. The van der Waals surface area contributed by atoms with Crippen molar-refractivity contribution in [1.29, 1.82) is 0 Å². The van der Waals surface area contributed by atoms with Gasteiger partial charge in [-0.1, -0.05) is 35.9 Å². The summed E-state index contributed by atoms with van der Waals surface area (Å²) >= 11 is 5.89. The van der Waals surface area contributed by atoms with Crippen LogP contribution in [0.4, 0.5) is 8.78 Å². The molecule has 0 fully saturated rings. The molecule has 0 saturated carbocycles. The van der Waals surface area contributed by atoms with Gasteiger partial charge < -0.3 is 0 Å². The molecule has 3 N–H and O–H groups in total. The fourth-order valence-corrected chi connectivity index (χ4v) is 2.16. The van der Waals surface area contributed by atoms with Gasteiger partial charge in [0, 0.05) is 10.6 Å². The number of benzene rings is 2. The molecule has 2 nitrogen and oxygen atoms in total. The molecule has 1 unspecified atom stereocenters. The Balaban J connectivity index is 2.28. The topological polar surface area (TPSA) is 38.0 Å². The second-order valence-corrected chi connectivity index (χ2v) is 4.63. The highest BCUT2D eigenvalue weighted by Crippen LogP contribution is 2.23. The average molecular weight is 283 g/mol. The van der Waals surface area contributed by atoms with Crippen LogP contribution >= 0.6 is 11.6 Å². The predicted octanol–water partition coefficient (Wildman–Crippen LogP) is 3.37. The summed E-state index contributed by atoms with van der Waals surface area (Å²) in [5, 5.41) is 0.591. The third-order valence-electron chi connectivity index (χ3n) is 2.89. The lowest BCUT2D eigenvalue weighted by Crippen LogP contribution is -2.30. The third kappa shape index (κ3) is 3.29. The van der Waals surface area contributed by atoms with Crippen LogP contribution in [0, 0.1) is 11.6 Å². The minimum absolute atomic E-state index is 0.197. The molecule has 0 amide bonds. The normalized spacial score (nSPS) is 12.4. The zero-order chi connectivity index (χ0) is 13.8. The van der Waals surface area contributed by atoms with Crippen molar-refractivity contribution in [2.75, 3.05) is 0 Å². The fraction of sp³-hybridized carbons (Fsp3) is 0.143. The molecule has 19 heavy (non-hydrogen) atoms. The SMILES string of the molecule is NNC(Cc1cccc(Cl)c1)c1cccc(F)c1F. The quantitative estimate of drug-likeness (QED) is 0.666. The number of nitrogens with one attached hydrogen (secondary N) is 1. The number of hydrogen-bond acceptors (Lipinski definition) is 2. The van der Waals surface area contributed by atoms with E-state index in [0.29, 0.717) is 11.4 Å². The summed E-state index contributed by atoms with van der Waals surface area (Å²) in [6, 6.07) is 10.7. The maximum Gasteiger partial charge on any atom is 0.163 e. The molecule has 2 aromatic rings. The Labute approximate surface area is 115 Å². The van der Waals surface area contributed by atoms with Crippen LogP contribution in [0.3, 0.4) is 0 Å². The minimum Gasteiger partial charge on any atom is -0.271 e. The molecule has 2 aromatic carbocycles. The second kappa shape index (κ2) is 6.10. The highest BCUT2D eigenvalue weighted by Gasteiger charge is 2.17. The minimum atomic E-state index is -0.885. The molecule has 0 bridgehead atoms. The lowest BCUT2D eigenvalue weighted by molar-refractivity contribution is 0.464. The van der Waals surface area contributed by atoms with Crippen molar-refractivity contribution in [3.63, 3.8) is 0 Å². The van der Waals surface area contributed by atoms with Gasteiger partial charge in [-0.15, -0.1) is 0 Å². The van der Waals surface area contributed by atoms with E-state index in [4.69, 9.17) is 17.4 Å². The van der Waals surface area contributed by atoms with Crippen LogP contribution in [-0.2, 0) is 6.42 Å². The first kappa shape index (κ1) is 13.9. The monoisotopic (exact) mass is 282 g/mol. The number of nitrogens with two attached hydrogens (primary N) is 1. The van der Waals surface area contributed by atoms with Gasteiger partial charge in [0.25, 0.3) is 0 Å².